The summed E-state index contributed by atoms with van der Waals surface area (Å²) in [5.41, 5.74) is -0.686. The van der Waals surface area contributed by atoms with Crippen molar-refractivity contribution < 1.29 is 14.6 Å². The normalized spacial score (nSPS) is 17.3. The number of rotatable bonds is 4. The van der Waals surface area contributed by atoms with Crippen LogP contribution < -0.4 is 10.5 Å². The molecule has 1 aliphatic rings. The van der Waals surface area contributed by atoms with E-state index in [2.05, 4.69) is 9.97 Å². The van der Waals surface area contributed by atoms with Gasteiger partial charge in [-0.05, 0) is 13.8 Å². The van der Waals surface area contributed by atoms with Crippen molar-refractivity contribution in [1.82, 2.24) is 9.97 Å². The maximum atomic E-state index is 11.3. The molecule has 0 saturated carbocycles. The zero-order valence-corrected chi connectivity index (χ0v) is 10.3. The highest BCUT2D eigenvalue weighted by atomic mass is 16.5. The van der Waals surface area contributed by atoms with Gasteiger partial charge in [-0.2, -0.15) is 0 Å². The third-order valence-electron chi connectivity index (χ3n) is 2.77. The molecule has 0 amide bonds. The highest BCUT2D eigenvalue weighted by Gasteiger charge is 2.41. The van der Waals surface area contributed by atoms with E-state index in [-0.39, 0.29) is 12.2 Å². The van der Waals surface area contributed by atoms with Crippen molar-refractivity contribution in [2.24, 2.45) is 0 Å². The van der Waals surface area contributed by atoms with Gasteiger partial charge in [0.1, 0.15) is 23.9 Å². The zero-order chi connectivity index (χ0) is 13.3. The maximum Gasteiger partial charge on any atom is 0.329 e. The van der Waals surface area contributed by atoms with E-state index in [0.29, 0.717) is 24.7 Å². The van der Waals surface area contributed by atoms with Gasteiger partial charge in [0.2, 0.25) is 0 Å². The molecule has 1 fully saturated rings. The fraction of sp³-hybridized carbons (Fsp3) is 0.545. The van der Waals surface area contributed by atoms with Crippen LogP contribution in [0.5, 0.6) is 0 Å². The number of anilines is 1. The average molecular weight is 253 g/mol. The molecule has 2 heterocycles. The summed E-state index contributed by atoms with van der Waals surface area (Å²) in [6.07, 6.45) is 0. The molecule has 7 nitrogen and oxygen atoms in total. The second kappa shape index (κ2) is 4.41. The van der Waals surface area contributed by atoms with Crippen molar-refractivity contribution in [3.05, 3.63) is 22.2 Å². The van der Waals surface area contributed by atoms with Gasteiger partial charge in [-0.15, -0.1) is 0 Å². The van der Waals surface area contributed by atoms with E-state index < -0.39 is 11.6 Å². The van der Waals surface area contributed by atoms with Crippen LogP contribution >= 0.6 is 0 Å². The maximum absolute atomic E-state index is 11.3. The lowest BCUT2D eigenvalue weighted by molar-refractivity contribution is -0.150. The molecule has 0 radical (unpaired) electrons. The Bertz CT molecular complexity index is 519. The number of carboxylic acid groups (broad SMARTS) is 1. The minimum absolute atomic E-state index is 0.197. The number of ether oxygens (including phenoxy) is 1. The van der Waals surface area contributed by atoms with Crippen LogP contribution in [0.2, 0.25) is 0 Å². The van der Waals surface area contributed by atoms with Crippen molar-refractivity contribution in [2.75, 3.05) is 24.6 Å². The number of H-pyrrole nitrogens is 1. The molecule has 0 atom stereocenters. The zero-order valence-electron chi connectivity index (χ0n) is 10.3. The number of aliphatic carboxylic acids is 1. The summed E-state index contributed by atoms with van der Waals surface area (Å²) < 4.78 is 5.28. The topological polar surface area (TPSA) is 95.5 Å². The van der Waals surface area contributed by atoms with Crippen molar-refractivity contribution >= 4 is 11.8 Å². The Morgan fingerprint density at radius 1 is 1.67 bits per heavy atom. The first-order valence-electron chi connectivity index (χ1n) is 5.57. The van der Waals surface area contributed by atoms with Crippen molar-refractivity contribution in [3.8, 4) is 0 Å². The molecule has 1 aliphatic heterocycles. The first-order chi connectivity index (χ1) is 8.38. The molecular formula is C11H15N3O4. The standard InChI is InChI=1S/C11H15N3O4/c1-7-12-8(3-9(15)13-7)14-5-11(2,6-14)18-4-10(16)17/h3H,4-6H2,1-2H3,(H,16,17)(H,12,13,15). The van der Waals surface area contributed by atoms with E-state index in [0.717, 1.165) is 0 Å². The van der Waals surface area contributed by atoms with Crippen LogP contribution in [0.25, 0.3) is 0 Å². The van der Waals surface area contributed by atoms with Gasteiger partial charge in [0.25, 0.3) is 5.56 Å². The molecule has 7 heteroatoms. The van der Waals surface area contributed by atoms with Gasteiger partial charge < -0.3 is 19.7 Å². The number of hydrogen-bond acceptors (Lipinski definition) is 5. The third kappa shape index (κ3) is 2.67. The third-order valence-corrected chi connectivity index (χ3v) is 2.77. The monoisotopic (exact) mass is 253 g/mol. The van der Waals surface area contributed by atoms with Crippen LogP contribution in [-0.2, 0) is 9.53 Å². The van der Waals surface area contributed by atoms with Crippen molar-refractivity contribution in [1.29, 1.82) is 0 Å². The van der Waals surface area contributed by atoms with E-state index in [9.17, 15) is 9.59 Å². The Kier molecular flexibility index (Phi) is 3.08. The molecule has 0 bridgehead atoms. The molecule has 98 valence electrons. The summed E-state index contributed by atoms with van der Waals surface area (Å²) in [4.78, 5) is 30.4. The van der Waals surface area contributed by atoms with Gasteiger partial charge in [0.05, 0.1) is 0 Å². The summed E-state index contributed by atoms with van der Waals surface area (Å²) in [5.74, 6) is 0.157. The Hall–Kier alpha value is -1.89. The average Bonchev–Trinajstić information content (AvgIpc) is 2.21. The molecule has 0 aliphatic carbocycles. The number of aryl methyl sites for hydroxylation is 1. The SMILES string of the molecule is Cc1nc(N2CC(C)(OCC(=O)O)C2)cc(=O)[nH]1. The van der Waals surface area contributed by atoms with Crippen LogP contribution in [0.15, 0.2) is 10.9 Å². The Balaban J connectivity index is 1.99. The van der Waals surface area contributed by atoms with Gasteiger partial charge in [0.15, 0.2) is 0 Å². The summed E-state index contributed by atoms with van der Waals surface area (Å²) in [5, 5.41) is 8.56. The number of nitrogens with zero attached hydrogens (tertiary/aromatic N) is 2. The highest BCUT2D eigenvalue weighted by Crippen LogP contribution is 2.28. The summed E-state index contributed by atoms with van der Waals surface area (Å²) in [6, 6.07) is 1.42. The molecule has 0 spiro atoms. The molecule has 18 heavy (non-hydrogen) atoms. The fourth-order valence-electron chi connectivity index (χ4n) is 1.98. The lowest BCUT2D eigenvalue weighted by atomic mass is 9.96. The fourth-order valence-corrected chi connectivity index (χ4v) is 1.98. The minimum atomic E-state index is -0.986. The van der Waals surface area contributed by atoms with E-state index in [1.54, 1.807) is 6.92 Å². The predicted octanol–water partition coefficient (Wildman–Crippen LogP) is -0.242. The minimum Gasteiger partial charge on any atom is -0.480 e. The van der Waals surface area contributed by atoms with Gasteiger partial charge >= 0.3 is 5.97 Å². The quantitative estimate of drug-likeness (QED) is 0.768. The molecule has 1 aromatic heterocycles. The van der Waals surface area contributed by atoms with Crippen LogP contribution in [0, 0.1) is 6.92 Å². The number of aromatic amines is 1. The first-order valence-corrected chi connectivity index (χ1v) is 5.57. The van der Waals surface area contributed by atoms with Crippen molar-refractivity contribution in [2.45, 2.75) is 19.4 Å². The lowest BCUT2D eigenvalue weighted by Crippen LogP contribution is -2.62. The molecule has 0 unspecified atom stereocenters. The number of aromatic nitrogens is 2. The van der Waals surface area contributed by atoms with E-state index >= 15 is 0 Å². The lowest BCUT2D eigenvalue weighted by Gasteiger charge is -2.47. The largest absolute Gasteiger partial charge is 0.480 e. The summed E-state index contributed by atoms with van der Waals surface area (Å²) >= 11 is 0. The van der Waals surface area contributed by atoms with E-state index in [1.165, 1.54) is 6.07 Å². The van der Waals surface area contributed by atoms with Gasteiger partial charge in [0, 0.05) is 19.2 Å². The van der Waals surface area contributed by atoms with Crippen LogP contribution in [0.3, 0.4) is 0 Å². The highest BCUT2D eigenvalue weighted by molar-refractivity contribution is 5.68. The molecule has 0 aromatic carbocycles. The molecule has 1 saturated heterocycles. The Morgan fingerprint density at radius 3 is 2.89 bits per heavy atom. The molecular weight excluding hydrogens is 238 g/mol. The Morgan fingerprint density at radius 2 is 2.33 bits per heavy atom. The Labute approximate surface area is 103 Å². The summed E-state index contributed by atoms with van der Waals surface area (Å²) in [7, 11) is 0. The van der Waals surface area contributed by atoms with Crippen LogP contribution in [0.1, 0.15) is 12.7 Å². The second-order valence-corrected chi connectivity index (χ2v) is 4.68. The van der Waals surface area contributed by atoms with Crippen LogP contribution in [-0.4, -0.2) is 46.3 Å². The molecule has 2 rings (SSSR count). The van der Waals surface area contributed by atoms with Gasteiger partial charge in [-0.25, -0.2) is 9.78 Å². The van der Waals surface area contributed by atoms with Crippen molar-refractivity contribution in [3.63, 3.8) is 0 Å². The number of carboxylic acids is 1. The van der Waals surface area contributed by atoms with Gasteiger partial charge in [-0.3, -0.25) is 4.79 Å². The van der Waals surface area contributed by atoms with Crippen LogP contribution in [0.4, 0.5) is 5.82 Å². The number of carbonyl (C=O) groups is 1. The molecule has 1 aromatic rings. The van der Waals surface area contributed by atoms with Gasteiger partial charge in [-0.1, -0.05) is 0 Å². The predicted molar refractivity (Wildman–Crippen MR) is 63.8 cm³/mol. The number of nitrogens with one attached hydrogen (secondary N) is 1. The molecule has 2 N–H and O–H groups in total. The smallest absolute Gasteiger partial charge is 0.329 e. The summed E-state index contributed by atoms with van der Waals surface area (Å²) in [6.45, 7) is 4.29. The first kappa shape index (κ1) is 12.6. The van der Waals surface area contributed by atoms with E-state index in [1.807, 2.05) is 11.8 Å². The van der Waals surface area contributed by atoms with E-state index in [4.69, 9.17) is 9.84 Å². The second-order valence-electron chi connectivity index (χ2n) is 4.68. The number of hydrogen-bond donors (Lipinski definition) is 2.